The third kappa shape index (κ3) is 3.47. The van der Waals surface area contributed by atoms with E-state index in [1.165, 1.54) is 6.07 Å². The number of hydrogen-bond acceptors (Lipinski definition) is 2. The smallest absolute Gasteiger partial charge is 0.137 e. The largest absolute Gasteiger partial charge is 0.382 e. The molecule has 2 nitrogen and oxygen atoms in total. The van der Waals surface area contributed by atoms with Crippen LogP contribution in [-0.4, -0.2) is 30.6 Å². The number of terminal acetylenes is 1. The number of hydrogen-bond donors (Lipinski definition) is 1. The monoisotopic (exact) mass is 310 g/mol. The van der Waals surface area contributed by atoms with Crippen LogP contribution in [-0.2, 0) is 0 Å². The number of piperidine rings is 1. The fourth-order valence-corrected chi connectivity index (χ4v) is 2.56. The molecule has 0 amide bonds. The van der Waals surface area contributed by atoms with Crippen LogP contribution in [0.25, 0.3) is 0 Å². The SMILES string of the molecule is C#CCN1CCC(Nc2ccc(F)c(Br)c2)CC1. The number of anilines is 1. The molecule has 0 spiro atoms. The summed E-state index contributed by atoms with van der Waals surface area (Å²) in [6.45, 7) is 2.77. The van der Waals surface area contributed by atoms with Crippen molar-refractivity contribution < 1.29 is 4.39 Å². The summed E-state index contributed by atoms with van der Waals surface area (Å²) in [5.74, 6) is 2.44. The summed E-state index contributed by atoms with van der Waals surface area (Å²) in [7, 11) is 0. The Kier molecular flexibility index (Phi) is 4.62. The molecule has 0 bridgehead atoms. The average Bonchev–Trinajstić information content (AvgIpc) is 2.37. The van der Waals surface area contributed by atoms with Crippen LogP contribution in [0.15, 0.2) is 22.7 Å². The highest BCUT2D eigenvalue weighted by molar-refractivity contribution is 9.10. The molecule has 0 aromatic heterocycles. The second-order valence-electron chi connectivity index (χ2n) is 4.53. The van der Waals surface area contributed by atoms with Gasteiger partial charge in [-0.2, -0.15) is 0 Å². The van der Waals surface area contributed by atoms with Gasteiger partial charge >= 0.3 is 0 Å². The number of likely N-dealkylation sites (tertiary alicyclic amines) is 1. The summed E-state index contributed by atoms with van der Waals surface area (Å²) >= 11 is 3.20. The van der Waals surface area contributed by atoms with E-state index in [1.807, 2.05) is 0 Å². The molecule has 1 N–H and O–H groups in total. The van der Waals surface area contributed by atoms with Crippen LogP contribution in [0.2, 0.25) is 0 Å². The average molecular weight is 311 g/mol. The van der Waals surface area contributed by atoms with Crippen molar-refractivity contribution >= 4 is 21.6 Å². The van der Waals surface area contributed by atoms with Crippen molar-refractivity contribution in [2.75, 3.05) is 25.0 Å². The zero-order valence-electron chi connectivity index (χ0n) is 10.1. The first-order valence-corrected chi connectivity index (χ1v) is 6.86. The van der Waals surface area contributed by atoms with Crippen LogP contribution in [0.5, 0.6) is 0 Å². The standard InChI is InChI=1S/C14H16BrFN2/c1-2-7-18-8-5-11(6-9-18)17-12-3-4-14(16)13(15)10-12/h1,3-4,10-11,17H,5-9H2. The van der Waals surface area contributed by atoms with Gasteiger partial charge in [0.05, 0.1) is 11.0 Å². The summed E-state index contributed by atoms with van der Waals surface area (Å²) in [6, 6.07) is 5.47. The van der Waals surface area contributed by atoms with Gasteiger partial charge in [0.25, 0.3) is 0 Å². The lowest BCUT2D eigenvalue weighted by Crippen LogP contribution is -2.39. The third-order valence-corrected chi connectivity index (χ3v) is 3.80. The Balaban J connectivity index is 1.88. The van der Waals surface area contributed by atoms with E-state index in [0.717, 1.165) is 38.2 Å². The Morgan fingerprint density at radius 2 is 2.17 bits per heavy atom. The number of halogens is 2. The Morgan fingerprint density at radius 1 is 1.44 bits per heavy atom. The van der Waals surface area contributed by atoms with Crippen LogP contribution in [0.3, 0.4) is 0 Å². The molecule has 18 heavy (non-hydrogen) atoms. The fraction of sp³-hybridized carbons (Fsp3) is 0.429. The molecule has 0 saturated carbocycles. The van der Waals surface area contributed by atoms with Gasteiger partial charge in [0.1, 0.15) is 5.82 Å². The first-order chi connectivity index (χ1) is 8.69. The van der Waals surface area contributed by atoms with Gasteiger partial charge in [-0.3, -0.25) is 4.90 Å². The minimum Gasteiger partial charge on any atom is -0.382 e. The predicted octanol–water partition coefficient (Wildman–Crippen LogP) is 3.10. The lowest BCUT2D eigenvalue weighted by Gasteiger charge is -2.31. The van der Waals surface area contributed by atoms with Gasteiger partial charge in [-0.1, -0.05) is 5.92 Å². The molecule has 96 valence electrons. The van der Waals surface area contributed by atoms with E-state index >= 15 is 0 Å². The summed E-state index contributed by atoms with van der Waals surface area (Å²) in [5.41, 5.74) is 0.957. The lowest BCUT2D eigenvalue weighted by atomic mass is 10.0. The Morgan fingerprint density at radius 3 is 2.78 bits per heavy atom. The van der Waals surface area contributed by atoms with E-state index in [2.05, 4.69) is 32.1 Å². The first kappa shape index (κ1) is 13.4. The molecule has 1 aromatic rings. The number of rotatable bonds is 3. The van der Waals surface area contributed by atoms with Crippen LogP contribution in [0.4, 0.5) is 10.1 Å². The summed E-state index contributed by atoms with van der Waals surface area (Å²) < 4.78 is 13.6. The molecule has 0 atom stereocenters. The zero-order valence-corrected chi connectivity index (χ0v) is 11.7. The van der Waals surface area contributed by atoms with Gasteiger partial charge in [0, 0.05) is 24.8 Å². The van der Waals surface area contributed by atoms with Gasteiger partial charge < -0.3 is 5.32 Å². The molecule has 1 fully saturated rings. The number of nitrogens with one attached hydrogen (secondary N) is 1. The highest BCUT2D eigenvalue weighted by Crippen LogP contribution is 2.22. The minimum atomic E-state index is -0.232. The minimum absolute atomic E-state index is 0.232. The molecular formula is C14H16BrFN2. The highest BCUT2D eigenvalue weighted by atomic mass is 79.9. The van der Waals surface area contributed by atoms with Gasteiger partial charge in [0.15, 0.2) is 0 Å². The molecular weight excluding hydrogens is 295 g/mol. The van der Waals surface area contributed by atoms with E-state index in [1.54, 1.807) is 12.1 Å². The van der Waals surface area contributed by atoms with E-state index in [4.69, 9.17) is 6.42 Å². The summed E-state index contributed by atoms with van der Waals surface area (Å²) in [4.78, 5) is 2.28. The van der Waals surface area contributed by atoms with Gasteiger partial charge in [-0.15, -0.1) is 6.42 Å². The van der Waals surface area contributed by atoms with Gasteiger partial charge in [-0.25, -0.2) is 4.39 Å². The molecule has 4 heteroatoms. The molecule has 1 aromatic carbocycles. The first-order valence-electron chi connectivity index (χ1n) is 6.06. The van der Waals surface area contributed by atoms with Crippen molar-refractivity contribution in [2.45, 2.75) is 18.9 Å². The van der Waals surface area contributed by atoms with E-state index in [-0.39, 0.29) is 5.82 Å². The molecule has 0 radical (unpaired) electrons. The molecule has 1 aliphatic heterocycles. The number of nitrogens with zero attached hydrogens (tertiary/aromatic N) is 1. The van der Waals surface area contributed by atoms with Crippen molar-refractivity contribution in [3.8, 4) is 12.3 Å². The van der Waals surface area contributed by atoms with E-state index in [0.29, 0.717) is 10.5 Å². The third-order valence-electron chi connectivity index (χ3n) is 3.19. The van der Waals surface area contributed by atoms with Crippen LogP contribution in [0.1, 0.15) is 12.8 Å². The summed E-state index contributed by atoms with van der Waals surface area (Å²) in [5, 5.41) is 3.44. The maximum absolute atomic E-state index is 13.1. The molecule has 2 rings (SSSR count). The van der Waals surface area contributed by atoms with E-state index < -0.39 is 0 Å². The zero-order chi connectivity index (χ0) is 13.0. The van der Waals surface area contributed by atoms with Gasteiger partial charge in [0.2, 0.25) is 0 Å². The van der Waals surface area contributed by atoms with Crippen molar-refractivity contribution in [3.63, 3.8) is 0 Å². The summed E-state index contributed by atoms with van der Waals surface area (Å²) in [6.07, 6.45) is 7.43. The second-order valence-corrected chi connectivity index (χ2v) is 5.38. The number of benzene rings is 1. The molecule has 0 unspecified atom stereocenters. The van der Waals surface area contributed by atoms with Crippen LogP contribution < -0.4 is 5.32 Å². The van der Waals surface area contributed by atoms with Crippen LogP contribution in [0, 0.1) is 18.2 Å². The second kappa shape index (κ2) is 6.21. The van der Waals surface area contributed by atoms with Crippen molar-refractivity contribution in [1.82, 2.24) is 4.90 Å². The van der Waals surface area contributed by atoms with E-state index in [9.17, 15) is 4.39 Å². The highest BCUT2D eigenvalue weighted by Gasteiger charge is 2.18. The van der Waals surface area contributed by atoms with Crippen molar-refractivity contribution in [1.29, 1.82) is 0 Å². The maximum Gasteiger partial charge on any atom is 0.137 e. The molecule has 1 saturated heterocycles. The molecule has 1 aliphatic rings. The topological polar surface area (TPSA) is 15.3 Å². The lowest BCUT2D eigenvalue weighted by molar-refractivity contribution is 0.243. The normalized spacial score (nSPS) is 17.4. The van der Waals surface area contributed by atoms with Gasteiger partial charge in [-0.05, 0) is 47.0 Å². The Hall–Kier alpha value is -1.05. The fourth-order valence-electron chi connectivity index (χ4n) is 2.19. The predicted molar refractivity (Wildman–Crippen MR) is 76.0 cm³/mol. The van der Waals surface area contributed by atoms with Crippen molar-refractivity contribution in [3.05, 3.63) is 28.5 Å². The molecule has 1 heterocycles. The quantitative estimate of drug-likeness (QED) is 0.863. The Labute approximate surface area is 116 Å². The molecule has 0 aliphatic carbocycles. The van der Waals surface area contributed by atoms with Crippen molar-refractivity contribution in [2.24, 2.45) is 0 Å². The Bertz CT molecular complexity index is 448. The maximum atomic E-state index is 13.1. The van der Waals surface area contributed by atoms with Crippen LogP contribution >= 0.6 is 15.9 Å².